The minimum atomic E-state index is -0.0122. The van der Waals surface area contributed by atoms with Crippen molar-refractivity contribution in [1.82, 2.24) is 5.32 Å². The molecule has 0 unspecified atom stereocenters. The minimum absolute atomic E-state index is 0.0122. The molecule has 24 heavy (non-hydrogen) atoms. The van der Waals surface area contributed by atoms with Crippen molar-refractivity contribution in [2.24, 2.45) is 0 Å². The second-order valence-electron chi connectivity index (χ2n) is 5.05. The van der Waals surface area contributed by atoms with Crippen LogP contribution >= 0.6 is 23.4 Å². The van der Waals surface area contributed by atoms with Gasteiger partial charge in [-0.05, 0) is 29.3 Å². The highest BCUT2D eigenvalue weighted by Gasteiger charge is 2.07. The van der Waals surface area contributed by atoms with E-state index in [1.807, 2.05) is 42.5 Å². The number of halogens is 1. The van der Waals surface area contributed by atoms with Crippen LogP contribution in [0.1, 0.15) is 11.1 Å². The van der Waals surface area contributed by atoms with Gasteiger partial charge in [0.25, 0.3) is 0 Å². The first-order valence-corrected chi connectivity index (χ1v) is 8.96. The van der Waals surface area contributed by atoms with E-state index in [0.29, 0.717) is 29.5 Å². The third-order valence-electron chi connectivity index (χ3n) is 3.39. The second-order valence-corrected chi connectivity index (χ2v) is 6.44. The quantitative estimate of drug-likeness (QED) is 0.770. The number of hydrogen-bond acceptors (Lipinski definition) is 4. The van der Waals surface area contributed by atoms with Crippen molar-refractivity contribution in [3.8, 4) is 11.5 Å². The van der Waals surface area contributed by atoms with E-state index in [4.69, 9.17) is 21.1 Å². The van der Waals surface area contributed by atoms with Crippen LogP contribution in [0, 0.1) is 0 Å². The lowest BCUT2D eigenvalue weighted by atomic mass is 10.2. The lowest BCUT2D eigenvalue weighted by molar-refractivity contribution is -0.118. The van der Waals surface area contributed by atoms with Gasteiger partial charge in [0, 0.05) is 17.3 Å². The highest BCUT2D eigenvalue weighted by molar-refractivity contribution is 7.99. The fourth-order valence-electron chi connectivity index (χ4n) is 2.11. The third kappa shape index (κ3) is 5.35. The molecule has 0 saturated carbocycles. The van der Waals surface area contributed by atoms with E-state index in [1.165, 1.54) is 11.8 Å². The normalized spacial score (nSPS) is 10.3. The number of thioether (sulfide) groups is 1. The Hall–Kier alpha value is -1.85. The molecular formula is C18H20ClNO3S. The summed E-state index contributed by atoms with van der Waals surface area (Å²) in [7, 11) is 3.18. The Labute approximate surface area is 151 Å². The van der Waals surface area contributed by atoms with Crippen LogP contribution < -0.4 is 14.8 Å². The first kappa shape index (κ1) is 18.5. The van der Waals surface area contributed by atoms with Gasteiger partial charge >= 0.3 is 0 Å². The summed E-state index contributed by atoms with van der Waals surface area (Å²) in [5.74, 6) is 2.41. The Kier molecular flexibility index (Phi) is 7.28. The van der Waals surface area contributed by atoms with E-state index in [1.54, 1.807) is 14.2 Å². The van der Waals surface area contributed by atoms with Crippen molar-refractivity contribution in [1.29, 1.82) is 0 Å². The summed E-state index contributed by atoms with van der Waals surface area (Å²) in [6, 6.07) is 13.2. The van der Waals surface area contributed by atoms with Crippen LogP contribution in [0.3, 0.4) is 0 Å². The van der Waals surface area contributed by atoms with E-state index in [-0.39, 0.29) is 5.91 Å². The molecule has 0 radical (unpaired) electrons. The zero-order valence-corrected chi connectivity index (χ0v) is 15.2. The van der Waals surface area contributed by atoms with Crippen LogP contribution in [-0.2, 0) is 17.1 Å². The van der Waals surface area contributed by atoms with Crippen LogP contribution in [0.2, 0.25) is 5.02 Å². The molecule has 0 aliphatic heterocycles. The summed E-state index contributed by atoms with van der Waals surface area (Å²) < 4.78 is 10.4. The molecule has 2 aromatic rings. The molecular weight excluding hydrogens is 346 g/mol. The number of methoxy groups -OCH3 is 2. The van der Waals surface area contributed by atoms with Crippen LogP contribution in [0.25, 0.3) is 0 Å². The van der Waals surface area contributed by atoms with Gasteiger partial charge in [-0.1, -0.05) is 35.9 Å². The standard InChI is InChI=1S/C18H20ClNO3S/c1-22-16-8-7-13(9-17(16)23-2)10-20-18(21)12-24-11-14-5-3-4-6-15(14)19/h3-9H,10-12H2,1-2H3,(H,20,21). The average Bonchev–Trinajstić information content (AvgIpc) is 2.61. The summed E-state index contributed by atoms with van der Waals surface area (Å²) in [6.07, 6.45) is 0. The molecule has 1 N–H and O–H groups in total. The number of benzene rings is 2. The molecule has 0 aliphatic rings. The Bertz CT molecular complexity index is 694. The molecule has 0 aliphatic carbocycles. The Morgan fingerprint density at radius 3 is 2.58 bits per heavy atom. The van der Waals surface area contributed by atoms with Gasteiger partial charge in [-0.3, -0.25) is 4.79 Å². The number of rotatable bonds is 8. The molecule has 4 nitrogen and oxygen atoms in total. The zero-order valence-electron chi connectivity index (χ0n) is 13.7. The predicted molar refractivity (Wildman–Crippen MR) is 99.0 cm³/mol. The second kappa shape index (κ2) is 9.45. The molecule has 2 rings (SSSR count). The fraction of sp³-hybridized carbons (Fsp3) is 0.278. The number of nitrogens with one attached hydrogen (secondary N) is 1. The topological polar surface area (TPSA) is 47.6 Å². The van der Waals surface area contributed by atoms with E-state index in [9.17, 15) is 4.79 Å². The number of hydrogen-bond donors (Lipinski definition) is 1. The summed E-state index contributed by atoms with van der Waals surface area (Å²) in [5.41, 5.74) is 1.99. The highest BCUT2D eigenvalue weighted by atomic mass is 35.5. The zero-order chi connectivity index (χ0) is 17.4. The van der Waals surface area contributed by atoms with Crippen molar-refractivity contribution in [2.75, 3.05) is 20.0 Å². The molecule has 0 fully saturated rings. The van der Waals surface area contributed by atoms with Crippen molar-refractivity contribution >= 4 is 29.3 Å². The lowest BCUT2D eigenvalue weighted by Gasteiger charge is -2.10. The molecule has 0 atom stereocenters. The van der Waals surface area contributed by atoms with Gasteiger partial charge in [0.2, 0.25) is 5.91 Å². The summed E-state index contributed by atoms with van der Waals surface area (Å²) in [5, 5.41) is 3.63. The molecule has 2 aromatic carbocycles. The fourth-order valence-corrected chi connectivity index (χ4v) is 3.25. The van der Waals surface area contributed by atoms with Gasteiger partial charge in [-0.25, -0.2) is 0 Å². The molecule has 0 bridgehead atoms. The smallest absolute Gasteiger partial charge is 0.230 e. The Morgan fingerprint density at radius 1 is 1.12 bits per heavy atom. The molecule has 0 spiro atoms. The van der Waals surface area contributed by atoms with Crippen LogP contribution in [0.4, 0.5) is 0 Å². The first-order chi connectivity index (χ1) is 11.6. The maximum Gasteiger partial charge on any atom is 0.230 e. The largest absolute Gasteiger partial charge is 0.493 e. The van der Waals surface area contributed by atoms with Gasteiger partial charge in [0.1, 0.15) is 0 Å². The number of carbonyl (C=O) groups is 1. The number of amides is 1. The summed E-state index contributed by atoms with van der Waals surface area (Å²) in [6.45, 7) is 0.450. The van der Waals surface area contributed by atoms with Crippen LogP contribution in [0.15, 0.2) is 42.5 Å². The van der Waals surface area contributed by atoms with Gasteiger partial charge in [0.05, 0.1) is 20.0 Å². The van der Waals surface area contributed by atoms with Gasteiger partial charge in [-0.15, -0.1) is 11.8 Å². The SMILES string of the molecule is COc1ccc(CNC(=O)CSCc2ccccc2Cl)cc1OC. The number of ether oxygens (including phenoxy) is 2. The summed E-state index contributed by atoms with van der Waals surface area (Å²) in [4.78, 5) is 11.9. The van der Waals surface area contributed by atoms with Crippen molar-refractivity contribution in [3.05, 3.63) is 58.6 Å². The van der Waals surface area contributed by atoms with E-state index in [0.717, 1.165) is 16.1 Å². The molecule has 128 valence electrons. The number of carbonyl (C=O) groups excluding carboxylic acids is 1. The summed E-state index contributed by atoms with van der Waals surface area (Å²) >= 11 is 7.63. The monoisotopic (exact) mass is 365 g/mol. The van der Waals surface area contributed by atoms with Crippen molar-refractivity contribution < 1.29 is 14.3 Å². The van der Waals surface area contributed by atoms with Gasteiger partial charge in [-0.2, -0.15) is 0 Å². The van der Waals surface area contributed by atoms with Crippen LogP contribution in [0.5, 0.6) is 11.5 Å². The van der Waals surface area contributed by atoms with E-state index in [2.05, 4.69) is 5.32 Å². The van der Waals surface area contributed by atoms with Crippen molar-refractivity contribution in [3.63, 3.8) is 0 Å². The average molecular weight is 366 g/mol. The first-order valence-electron chi connectivity index (χ1n) is 7.42. The molecule has 0 heterocycles. The lowest BCUT2D eigenvalue weighted by Crippen LogP contribution is -2.24. The maximum atomic E-state index is 11.9. The van der Waals surface area contributed by atoms with E-state index >= 15 is 0 Å². The van der Waals surface area contributed by atoms with E-state index < -0.39 is 0 Å². The molecule has 0 aromatic heterocycles. The van der Waals surface area contributed by atoms with Crippen LogP contribution in [-0.4, -0.2) is 25.9 Å². The maximum absolute atomic E-state index is 11.9. The van der Waals surface area contributed by atoms with Gasteiger partial charge < -0.3 is 14.8 Å². The molecule has 1 amide bonds. The Balaban J connectivity index is 1.78. The predicted octanol–water partition coefficient (Wildman–Crippen LogP) is 3.91. The van der Waals surface area contributed by atoms with Gasteiger partial charge in [0.15, 0.2) is 11.5 Å². The third-order valence-corrected chi connectivity index (χ3v) is 4.74. The minimum Gasteiger partial charge on any atom is -0.493 e. The Morgan fingerprint density at radius 2 is 1.88 bits per heavy atom. The molecule has 6 heteroatoms. The van der Waals surface area contributed by atoms with Crippen molar-refractivity contribution in [2.45, 2.75) is 12.3 Å². The molecule has 0 saturated heterocycles. The highest BCUT2D eigenvalue weighted by Crippen LogP contribution is 2.27.